The van der Waals surface area contributed by atoms with Gasteiger partial charge < -0.3 is 9.47 Å². The first-order valence-corrected chi connectivity index (χ1v) is 8.09. The van der Waals surface area contributed by atoms with Crippen LogP contribution in [0.15, 0.2) is 42.5 Å². The lowest BCUT2D eigenvalue weighted by Gasteiger charge is -2.12. The van der Waals surface area contributed by atoms with Gasteiger partial charge >= 0.3 is 5.97 Å². The maximum Gasteiger partial charge on any atom is 0.343 e. The van der Waals surface area contributed by atoms with Crippen molar-refractivity contribution in [2.45, 2.75) is 13.8 Å². The Bertz CT molecular complexity index is 893. The number of esters is 1. The van der Waals surface area contributed by atoms with Crippen LogP contribution in [0.25, 0.3) is 6.08 Å². The van der Waals surface area contributed by atoms with Crippen LogP contribution in [-0.2, 0) is 9.53 Å². The van der Waals surface area contributed by atoms with Gasteiger partial charge in [0.1, 0.15) is 5.75 Å². The normalized spacial score (nSPS) is 10.6. The molecule has 140 valence electrons. The zero-order valence-electron chi connectivity index (χ0n) is 15.2. The van der Waals surface area contributed by atoms with E-state index in [0.29, 0.717) is 5.75 Å². The number of nitrogens with zero attached hydrogens (tertiary/aromatic N) is 1. The van der Waals surface area contributed by atoms with Gasteiger partial charge in [-0.2, -0.15) is 0 Å². The number of benzene rings is 2. The number of carbonyl (C=O) groups is 2. The van der Waals surface area contributed by atoms with Crippen LogP contribution in [0.1, 0.15) is 27.0 Å². The predicted octanol–water partition coefficient (Wildman–Crippen LogP) is 3.66. The number of ketones is 1. The number of allylic oxidation sites excluding steroid dienone is 1. The molecule has 0 fully saturated rings. The van der Waals surface area contributed by atoms with Crippen LogP contribution >= 0.6 is 0 Å². The van der Waals surface area contributed by atoms with E-state index in [2.05, 4.69) is 4.74 Å². The van der Waals surface area contributed by atoms with Crippen LogP contribution in [0.2, 0.25) is 0 Å². The largest absolute Gasteiger partial charge is 0.481 e. The molecule has 0 aromatic heterocycles. The van der Waals surface area contributed by atoms with Crippen molar-refractivity contribution in [1.82, 2.24) is 0 Å². The lowest BCUT2D eigenvalue weighted by Crippen LogP contribution is -2.13. The molecule has 0 aliphatic heterocycles. The average molecular weight is 369 g/mol. The molecule has 0 spiro atoms. The molecule has 0 aliphatic carbocycles. The van der Waals surface area contributed by atoms with Gasteiger partial charge in [0.05, 0.1) is 12.0 Å². The van der Waals surface area contributed by atoms with Gasteiger partial charge in [-0.3, -0.25) is 14.9 Å². The van der Waals surface area contributed by atoms with Gasteiger partial charge in [0.25, 0.3) is 5.69 Å². The number of rotatable bonds is 7. The van der Waals surface area contributed by atoms with E-state index in [9.17, 15) is 19.7 Å². The van der Waals surface area contributed by atoms with Crippen molar-refractivity contribution >= 4 is 23.5 Å². The molecule has 2 rings (SSSR count). The summed E-state index contributed by atoms with van der Waals surface area (Å²) >= 11 is 0. The van der Waals surface area contributed by atoms with E-state index in [-0.39, 0.29) is 23.6 Å². The lowest BCUT2D eigenvalue weighted by atomic mass is 10.0. The molecule has 7 nitrogen and oxygen atoms in total. The van der Waals surface area contributed by atoms with Crippen LogP contribution in [0, 0.1) is 24.0 Å². The second kappa shape index (κ2) is 8.75. The number of ether oxygens (including phenoxy) is 2. The second-order valence-corrected chi connectivity index (χ2v) is 5.85. The highest BCUT2D eigenvalue weighted by molar-refractivity contribution is 6.07. The minimum atomic E-state index is -0.541. The Morgan fingerprint density at radius 2 is 1.81 bits per heavy atom. The van der Waals surface area contributed by atoms with Crippen molar-refractivity contribution in [3.8, 4) is 5.75 Å². The molecule has 0 bridgehead atoms. The number of nitro benzene ring substituents is 1. The van der Waals surface area contributed by atoms with Gasteiger partial charge in [0.15, 0.2) is 12.4 Å². The maximum absolute atomic E-state index is 12.3. The van der Waals surface area contributed by atoms with Crippen molar-refractivity contribution in [2.75, 3.05) is 13.7 Å². The van der Waals surface area contributed by atoms with Crippen molar-refractivity contribution in [3.63, 3.8) is 0 Å². The standard InChI is InChI=1S/C20H19NO6/c1-13-9-15(10-14(2)20(13)27-12-19(23)26-3)7-8-18(22)16-5-4-6-17(11-16)21(24)25/h4-11H,12H2,1-3H3. The molecule has 0 atom stereocenters. The van der Waals surface area contributed by atoms with E-state index in [1.807, 2.05) is 26.0 Å². The first-order chi connectivity index (χ1) is 12.8. The SMILES string of the molecule is COC(=O)COc1c(C)cc(C=CC(=O)c2cccc([N+](=O)[O-])c2)cc1C. The van der Waals surface area contributed by atoms with Gasteiger partial charge in [0.2, 0.25) is 0 Å². The van der Waals surface area contributed by atoms with E-state index in [1.54, 1.807) is 6.08 Å². The van der Waals surface area contributed by atoms with Gasteiger partial charge in [-0.1, -0.05) is 18.2 Å². The third-order valence-electron chi connectivity index (χ3n) is 3.81. The average Bonchev–Trinajstić information content (AvgIpc) is 2.65. The number of non-ortho nitro benzene ring substituents is 1. The van der Waals surface area contributed by atoms with Crippen molar-refractivity contribution < 1.29 is 24.0 Å². The van der Waals surface area contributed by atoms with Crippen LogP contribution in [0.4, 0.5) is 5.69 Å². The van der Waals surface area contributed by atoms with E-state index in [0.717, 1.165) is 16.7 Å². The fraction of sp³-hybridized carbons (Fsp3) is 0.200. The number of hydrogen-bond acceptors (Lipinski definition) is 6. The number of aryl methyl sites for hydroxylation is 2. The minimum Gasteiger partial charge on any atom is -0.481 e. The van der Waals surface area contributed by atoms with Crippen LogP contribution < -0.4 is 4.74 Å². The summed E-state index contributed by atoms with van der Waals surface area (Å²) in [7, 11) is 1.29. The van der Waals surface area contributed by atoms with Crippen LogP contribution in [0.3, 0.4) is 0 Å². The highest BCUT2D eigenvalue weighted by atomic mass is 16.6. The molecule has 0 unspecified atom stereocenters. The number of hydrogen-bond donors (Lipinski definition) is 0. The summed E-state index contributed by atoms with van der Waals surface area (Å²) in [4.78, 5) is 33.7. The van der Waals surface area contributed by atoms with Crippen LogP contribution in [-0.4, -0.2) is 30.4 Å². The summed E-state index contributed by atoms with van der Waals surface area (Å²) in [6.07, 6.45) is 2.99. The van der Waals surface area contributed by atoms with Crippen LogP contribution in [0.5, 0.6) is 5.75 Å². The lowest BCUT2D eigenvalue weighted by molar-refractivity contribution is -0.384. The van der Waals surface area contributed by atoms with Crippen molar-refractivity contribution in [3.05, 3.63) is 74.8 Å². The summed E-state index contributed by atoms with van der Waals surface area (Å²) < 4.78 is 10.0. The van der Waals surface area contributed by atoms with E-state index in [4.69, 9.17) is 4.74 Å². The molecule has 7 heteroatoms. The Balaban J connectivity index is 2.17. The van der Waals surface area contributed by atoms with Gasteiger partial charge in [-0.15, -0.1) is 0 Å². The topological polar surface area (TPSA) is 95.7 Å². The quantitative estimate of drug-likeness (QED) is 0.243. The first kappa shape index (κ1) is 19.8. The fourth-order valence-corrected chi connectivity index (χ4v) is 2.54. The number of methoxy groups -OCH3 is 1. The van der Waals surface area contributed by atoms with Crippen molar-refractivity contribution in [2.24, 2.45) is 0 Å². The Morgan fingerprint density at radius 1 is 1.15 bits per heavy atom. The fourth-order valence-electron chi connectivity index (χ4n) is 2.54. The number of nitro groups is 1. The maximum atomic E-state index is 12.3. The highest BCUT2D eigenvalue weighted by Crippen LogP contribution is 2.25. The first-order valence-electron chi connectivity index (χ1n) is 8.09. The highest BCUT2D eigenvalue weighted by Gasteiger charge is 2.11. The molecule has 0 amide bonds. The molecular weight excluding hydrogens is 350 g/mol. The summed E-state index contributed by atoms with van der Waals surface area (Å²) in [5.41, 5.74) is 2.50. The molecule has 0 saturated carbocycles. The summed E-state index contributed by atoms with van der Waals surface area (Å²) in [6.45, 7) is 3.48. The molecule has 27 heavy (non-hydrogen) atoms. The zero-order chi connectivity index (χ0) is 20.0. The van der Waals surface area contributed by atoms with Gasteiger partial charge in [-0.25, -0.2) is 4.79 Å². The Morgan fingerprint density at radius 3 is 2.41 bits per heavy atom. The van der Waals surface area contributed by atoms with E-state index >= 15 is 0 Å². The third kappa shape index (κ3) is 5.24. The second-order valence-electron chi connectivity index (χ2n) is 5.85. The summed E-state index contributed by atoms with van der Waals surface area (Å²) in [6, 6.07) is 9.21. The molecule has 0 aliphatic rings. The predicted molar refractivity (Wildman–Crippen MR) is 99.9 cm³/mol. The molecule has 0 N–H and O–H groups in total. The van der Waals surface area contributed by atoms with E-state index < -0.39 is 10.9 Å². The Kier molecular flexibility index (Phi) is 6.43. The third-order valence-corrected chi connectivity index (χ3v) is 3.81. The van der Waals surface area contributed by atoms with E-state index in [1.165, 1.54) is 37.5 Å². The molecular formula is C20H19NO6. The molecule has 2 aromatic carbocycles. The van der Waals surface area contributed by atoms with Gasteiger partial charge in [-0.05, 0) is 48.7 Å². The summed E-state index contributed by atoms with van der Waals surface area (Å²) in [5, 5.41) is 10.8. The molecule has 2 aromatic rings. The Labute approximate surface area is 156 Å². The van der Waals surface area contributed by atoms with Crippen molar-refractivity contribution in [1.29, 1.82) is 0 Å². The molecule has 0 saturated heterocycles. The minimum absolute atomic E-state index is 0.131. The Hall–Kier alpha value is -3.48. The monoisotopic (exact) mass is 369 g/mol. The molecule has 0 heterocycles. The smallest absolute Gasteiger partial charge is 0.343 e. The number of carbonyl (C=O) groups excluding carboxylic acids is 2. The summed E-state index contributed by atoms with van der Waals surface area (Å²) in [5.74, 6) is -0.220. The zero-order valence-corrected chi connectivity index (χ0v) is 15.2. The van der Waals surface area contributed by atoms with Gasteiger partial charge in [0, 0.05) is 17.7 Å². The molecule has 0 radical (unpaired) electrons.